The average Bonchev–Trinajstić information content (AvgIpc) is 2.43. The van der Waals surface area contributed by atoms with Crippen molar-refractivity contribution in [2.75, 3.05) is 31.5 Å². The molecule has 0 bridgehead atoms. The fraction of sp³-hybridized carbons (Fsp3) is 0.500. The molecule has 0 saturated carbocycles. The zero-order valence-electron chi connectivity index (χ0n) is 11.4. The van der Waals surface area contributed by atoms with E-state index < -0.39 is 0 Å². The van der Waals surface area contributed by atoms with Crippen molar-refractivity contribution in [1.82, 2.24) is 10.2 Å². The van der Waals surface area contributed by atoms with Gasteiger partial charge in [0.15, 0.2) is 0 Å². The summed E-state index contributed by atoms with van der Waals surface area (Å²) in [4.78, 5) is 14.4. The van der Waals surface area contributed by atoms with E-state index in [1.807, 2.05) is 32.0 Å². The summed E-state index contributed by atoms with van der Waals surface area (Å²) in [7, 11) is 0. The van der Waals surface area contributed by atoms with Crippen LogP contribution in [0.4, 0.5) is 5.69 Å². The Balaban J connectivity index is 1.97. The van der Waals surface area contributed by atoms with Gasteiger partial charge in [0.2, 0.25) is 5.91 Å². The highest BCUT2D eigenvalue weighted by Gasteiger charge is 2.22. The number of anilines is 1. The van der Waals surface area contributed by atoms with Crippen LogP contribution >= 0.6 is 15.9 Å². The Morgan fingerprint density at radius 2 is 2.11 bits per heavy atom. The Morgan fingerprint density at radius 1 is 1.42 bits per heavy atom. The lowest BCUT2D eigenvalue weighted by molar-refractivity contribution is -0.120. The second-order valence-corrected chi connectivity index (χ2v) is 5.77. The lowest BCUT2D eigenvalue weighted by atomic mass is 10.2. The topological polar surface area (TPSA) is 44.4 Å². The van der Waals surface area contributed by atoms with Crippen LogP contribution in [0, 0.1) is 6.92 Å². The largest absolute Gasteiger partial charge is 0.325 e. The minimum absolute atomic E-state index is 0.0589. The van der Waals surface area contributed by atoms with Gasteiger partial charge in [-0.15, -0.1) is 0 Å². The molecule has 1 fully saturated rings. The molecule has 2 rings (SSSR count). The Kier molecular flexibility index (Phi) is 4.96. The number of nitrogens with one attached hydrogen (secondary N) is 2. The number of piperazine rings is 1. The van der Waals surface area contributed by atoms with E-state index >= 15 is 0 Å². The number of rotatable bonds is 3. The highest BCUT2D eigenvalue weighted by atomic mass is 79.9. The first-order valence-corrected chi connectivity index (χ1v) is 7.39. The number of hydrogen-bond acceptors (Lipinski definition) is 3. The van der Waals surface area contributed by atoms with Crippen LogP contribution in [0.1, 0.15) is 12.5 Å². The monoisotopic (exact) mass is 325 g/mol. The molecule has 1 aromatic carbocycles. The van der Waals surface area contributed by atoms with Crippen molar-refractivity contribution in [3.05, 3.63) is 28.2 Å². The minimum Gasteiger partial charge on any atom is -0.325 e. The second kappa shape index (κ2) is 6.50. The average molecular weight is 326 g/mol. The van der Waals surface area contributed by atoms with Gasteiger partial charge in [-0.2, -0.15) is 0 Å². The van der Waals surface area contributed by atoms with Gasteiger partial charge in [-0.3, -0.25) is 9.69 Å². The molecule has 4 nitrogen and oxygen atoms in total. The fourth-order valence-corrected chi connectivity index (χ4v) is 2.45. The van der Waals surface area contributed by atoms with Crippen molar-refractivity contribution in [3.63, 3.8) is 0 Å². The normalized spacial score (nSPS) is 18.1. The molecule has 1 amide bonds. The predicted octanol–water partition coefficient (Wildman–Crippen LogP) is 1.99. The van der Waals surface area contributed by atoms with Crippen LogP contribution < -0.4 is 10.6 Å². The summed E-state index contributed by atoms with van der Waals surface area (Å²) >= 11 is 3.46. The predicted molar refractivity (Wildman–Crippen MR) is 81.4 cm³/mol. The van der Waals surface area contributed by atoms with Gasteiger partial charge in [-0.25, -0.2) is 0 Å². The number of nitrogens with zero attached hydrogens (tertiary/aromatic N) is 1. The van der Waals surface area contributed by atoms with Crippen LogP contribution in [-0.2, 0) is 4.79 Å². The van der Waals surface area contributed by atoms with Crippen molar-refractivity contribution in [2.45, 2.75) is 19.9 Å². The SMILES string of the molecule is Cc1cc(NC(=O)C(C)N2CCNCC2)ccc1Br. The van der Waals surface area contributed by atoms with Crippen LogP contribution in [0.3, 0.4) is 0 Å². The first-order valence-electron chi connectivity index (χ1n) is 6.59. The molecule has 104 valence electrons. The van der Waals surface area contributed by atoms with Crippen LogP contribution in [0.5, 0.6) is 0 Å². The molecule has 1 saturated heterocycles. The quantitative estimate of drug-likeness (QED) is 0.893. The maximum atomic E-state index is 12.2. The van der Waals surface area contributed by atoms with E-state index in [4.69, 9.17) is 0 Å². The third-order valence-electron chi connectivity index (χ3n) is 3.50. The van der Waals surface area contributed by atoms with Crippen LogP contribution in [0.15, 0.2) is 22.7 Å². The summed E-state index contributed by atoms with van der Waals surface area (Å²) in [6, 6.07) is 5.76. The zero-order chi connectivity index (χ0) is 13.8. The van der Waals surface area contributed by atoms with Gasteiger partial charge in [0.25, 0.3) is 0 Å². The van der Waals surface area contributed by atoms with Crippen LogP contribution in [0.2, 0.25) is 0 Å². The maximum Gasteiger partial charge on any atom is 0.241 e. The molecule has 0 radical (unpaired) electrons. The number of halogens is 1. The third kappa shape index (κ3) is 3.78. The lowest BCUT2D eigenvalue weighted by Crippen LogP contribution is -2.51. The molecule has 0 spiro atoms. The molecular weight excluding hydrogens is 306 g/mol. The number of hydrogen-bond donors (Lipinski definition) is 2. The van der Waals surface area contributed by atoms with Gasteiger partial charge in [0.05, 0.1) is 6.04 Å². The number of amides is 1. The van der Waals surface area contributed by atoms with E-state index in [9.17, 15) is 4.79 Å². The molecule has 1 heterocycles. The van der Waals surface area contributed by atoms with Crippen molar-refractivity contribution in [1.29, 1.82) is 0 Å². The molecule has 19 heavy (non-hydrogen) atoms. The summed E-state index contributed by atoms with van der Waals surface area (Å²) in [5.74, 6) is 0.0589. The number of benzene rings is 1. The maximum absolute atomic E-state index is 12.2. The Morgan fingerprint density at radius 3 is 2.74 bits per heavy atom. The number of aryl methyl sites for hydroxylation is 1. The van der Waals surface area contributed by atoms with E-state index in [0.29, 0.717) is 0 Å². The molecule has 1 aromatic rings. The van der Waals surface area contributed by atoms with E-state index in [0.717, 1.165) is 41.9 Å². The molecule has 1 unspecified atom stereocenters. The summed E-state index contributed by atoms with van der Waals surface area (Å²) in [6.07, 6.45) is 0. The zero-order valence-corrected chi connectivity index (χ0v) is 13.0. The Labute approximate surface area is 122 Å². The molecule has 1 aliphatic heterocycles. The number of carbonyl (C=O) groups excluding carboxylic acids is 1. The molecule has 0 aromatic heterocycles. The number of carbonyl (C=O) groups is 1. The Bertz CT molecular complexity index is 458. The summed E-state index contributed by atoms with van der Waals surface area (Å²) in [6.45, 7) is 7.73. The van der Waals surface area contributed by atoms with Crippen LogP contribution in [-0.4, -0.2) is 43.0 Å². The van der Waals surface area contributed by atoms with Gasteiger partial charge in [-0.1, -0.05) is 15.9 Å². The summed E-state index contributed by atoms with van der Waals surface area (Å²) < 4.78 is 1.06. The van der Waals surface area contributed by atoms with E-state index in [-0.39, 0.29) is 11.9 Å². The summed E-state index contributed by atoms with van der Waals surface area (Å²) in [5, 5.41) is 6.28. The van der Waals surface area contributed by atoms with Crippen molar-refractivity contribution >= 4 is 27.5 Å². The lowest BCUT2D eigenvalue weighted by Gasteiger charge is -2.31. The molecule has 1 atom stereocenters. The standard InChI is InChI=1S/C14H20BrN3O/c1-10-9-12(3-4-13(10)15)17-14(19)11(2)18-7-5-16-6-8-18/h3-4,9,11,16H,5-8H2,1-2H3,(H,17,19). The molecule has 5 heteroatoms. The van der Waals surface area contributed by atoms with Crippen LogP contribution in [0.25, 0.3) is 0 Å². The van der Waals surface area contributed by atoms with E-state index in [2.05, 4.69) is 31.5 Å². The van der Waals surface area contributed by atoms with Crippen molar-refractivity contribution in [2.24, 2.45) is 0 Å². The summed E-state index contributed by atoms with van der Waals surface area (Å²) in [5.41, 5.74) is 1.97. The van der Waals surface area contributed by atoms with E-state index in [1.54, 1.807) is 0 Å². The van der Waals surface area contributed by atoms with Gasteiger partial charge in [0.1, 0.15) is 0 Å². The van der Waals surface area contributed by atoms with E-state index in [1.165, 1.54) is 0 Å². The molecule has 1 aliphatic rings. The van der Waals surface area contributed by atoms with Gasteiger partial charge in [-0.05, 0) is 37.6 Å². The molecular formula is C14H20BrN3O. The van der Waals surface area contributed by atoms with Crippen molar-refractivity contribution < 1.29 is 4.79 Å². The molecule has 0 aliphatic carbocycles. The molecule has 2 N–H and O–H groups in total. The highest BCUT2D eigenvalue weighted by Crippen LogP contribution is 2.20. The minimum atomic E-state index is -0.0916. The van der Waals surface area contributed by atoms with Gasteiger partial charge in [0, 0.05) is 36.3 Å². The van der Waals surface area contributed by atoms with Gasteiger partial charge < -0.3 is 10.6 Å². The third-order valence-corrected chi connectivity index (χ3v) is 4.39. The Hall–Kier alpha value is -0.910. The fourth-order valence-electron chi connectivity index (χ4n) is 2.20. The second-order valence-electron chi connectivity index (χ2n) is 4.92. The smallest absolute Gasteiger partial charge is 0.241 e. The van der Waals surface area contributed by atoms with Gasteiger partial charge >= 0.3 is 0 Å². The first kappa shape index (κ1) is 14.5. The van der Waals surface area contributed by atoms with Crippen molar-refractivity contribution in [3.8, 4) is 0 Å². The first-order chi connectivity index (χ1) is 9.08. The highest BCUT2D eigenvalue weighted by molar-refractivity contribution is 9.10.